The molecule has 1 unspecified atom stereocenters. The van der Waals surface area contributed by atoms with Crippen LogP contribution in [0.25, 0.3) is 5.76 Å². The Morgan fingerprint density at radius 3 is 2.32 bits per heavy atom. The number of carbonyl (C=O) groups is 3. The quantitative estimate of drug-likeness (QED) is 0.309. The fourth-order valence-electron chi connectivity index (χ4n) is 3.90. The van der Waals surface area contributed by atoms with Gasteiger partial charge in [-0.05, 0) is 66.2 Å². The van der Waals surface area contributed by atoms with Crippen LogP contribution >= 0.6 is 11.6 Å². The molecule has 34 heavy (non-hydrogen) atoms. The largest absolute Gasteiger partial charge is 0.507 e. The molecule has 0 spiro atoms. The van der Waals surface area contributed by atoms with Gasteiger partial charge in [-0.25, -0.2) is 0 Å². The second-order valence-corrected chi connectivity index (χ2v) is 8.12. The lowest BCUT2D eigenvalue weighted by molar-refractivity contribution is -0.132. The molecule has 3 aromatic rings. The van der Waals surface area contributed by atoms with E-state index in [4.69, 9.17) is 16.3 Å². The van der Waals surface area contributed by atoms with Crippen molar-refractivity contribution in [3.63, 3.8) is 0 Å². The van der Waals surface area contributed by atoms with Crippen LogP contribution in [0.2, 0.25) is 5.02 Å². The third kappa shape index (κ3) is 4.38. The molecule has 3 aromatic carbocycles. The van der Waals surface area contributed by atoms with Gasteiger partial charge in [-0.3, -0.25) is 19.3 Å². The molecule has 4 rings (SSSR count). The van der Waals surface area contributed by atoms with Crippen molar-refractivity contribution in [2.24, 2.45) is 0 Å². The highest BCUT2D eigenvalue weighted by Gasteiger charge is 2.47. The van der Waals surface area contributed by atoms with Crippen molar-refractivity contribution in [2.45, 2.75) is 13.0 Å². The highest BCUT2D eigenvalue weighted by molar-refractivity contribution is 6.51. The monoisotopic (exact) mass is 476 g/mol. The molecule has 1 aliphatic rings. The van der Waals surface area contributed by atoms with E-state index in [1.165, 1.54) is 18.9 Å². The Labute approximate surface area is 201 Å². The summed E-state index contributed by atoms with van der Waals surface area (Å²) in [6.45, 7) is 1.39. The minimum Gasteiger partial charge on any atom is -0.507 e. The smallest absolute Gasteiger partial charge is 0.300 e. The molecular weight excluding hydrogens is 456 g/mol. The van der Waals surface area contributed by atoms with E-state index in [1.54, 1.807) is 72.8 Å². The molecule has 1 saturated heterocycles. The number of halogens is 1. The summed E-state index contributed by atoms with van der Waals surface area (Å²) < 4.78 is 5.33. The lowest BCUT2D eigenvalue weighted by Crippen LogP contribution is -2.29. The van der Waals surface area contributed by atoms with Gasteiger partial charge >= 0.3 is 0 Å². The molecule has 0 aliphatic carbocycles. The zero-order valence-electron chi connectivity index (χ0n) is 18.4. The van der Waals surface area contributed by atoms with Crippen molar-refractivity contribution in [1.29, 1.82) is 0 Å². The molecule has 0 aromatic heterocycles. The van der Waals surface area contributed by atoms with Crippen LogP contribution in [-0.2, 0) is 14.4 Å². The van der Waals surface area contributed by atoms with Crippen LogP contribution in [0.1, 0.15) is 24.1 Å². The van der Waals surface area contributed by atoms with Gasteiger partial charge in [0, 0.05) is 28.9 Å². The average molecular weight is 477 g/mol. The molecule has 2 N–H and O–H groups in total. The third-order valence-corrected chi connectivity index (χ3v) is 5.69. The van der Waals surface area contributed by atoms with E-state index >= 15 is 0 Å². The van der Waals surface area contributed by atoms with Gasteiger partial charge in [0.25, 0.3) is 11.7 Å². The normalized spacial score (nSPS) is 17.0. The summed E-state index contributed by atoms with van der Waals surface area (Å²) in [6.07, 6.45) is 0. The zero-order valence-corrected chi connectivity index (χ0v) is 19.2. The Kier molecular flexibility index (Phi) is 6.38. The molecule has 1 fully saturated rings. The van der Waals surface area contributed by atoms with Gasteiger partial charge in [-0.15, -0.1) is 0 Å². The molecule has 172 valence electrons. The predicted octanol–water partition coefficient (Wildman–Crippen LogP) is 4.93. The minimum absolute atomic E-state index is 0.0495. The fraction of sp³-hybridized carbons (Fsp3) is 0.115. The molecule has 2 amide bonds. The highest BCUT2D eigenvalue weighted by Crippen LogP contribution is 2.43. The van der Waals surface area contributed by atoms with Gasteiger partial charge in [0.2, 0.25) is 5.91 Å². The third-order valence-electron chi connectivity index (χ3n) is 5.44. The number of amides is 2. The second kappa shape index (κ2) is 9.41. The molecule has 1 heterocycles. The van der Waals surface area contributed by atoms with E-state index in [0.29, 0.717) is 33.3 Å². The molecule has 0 saturated carbocycles. The zero-order chi connectivity index (χ0) is 24.4. The topological polar surface area (TPSA) is 95.9 Å². The number of aliphatic hydroxyl groups is 1. The van der Waals surface area contributed by atoms with Crippen LogP contribution in [0.3, 0.4) is 0 Å². The molecule has 8 heteroatoms. The Balaban J connectivity index is 1.88. The van der Waals surface area contributed by atoms with Gasteiger partial charge < -0.3 is 15.2 Å². The number of ether oxygens (including phenoxy) is 1. The highest BCUT2D eigenvalue weighted by atomic mass is 35.5. The number of hydrogen-bond acceptors (Lipinski definition) is 5. The van der Waals surface area contributed by atoms with Crippen molar-refractivity contribution in [3.8, 4) is 5.75 Å². The number of anilines is 2. The van der Waals surface area contributed by atoms with Crippen LogP contribution in [0.5, 0.6) is 5.75 Å². The van der Waals surface area contributed by atoms with Crippen LogP contribution in [0.15, 0.2) is 78.4 Å². The number of carbonyl (C=O) groups excluding carboxylic acids is 3. The SMILES string of the molecule is COc1cccc(C2/C(=C(/O)c3ccc(Cl)cc3)C(=O)C(=O)N2c2ccc(NC(C)=O)cc2)c1. The van der Waals surface area contributed by atoms with Crippen molar-refractivity contribution in [1.82, 2.24) is 0 Å². The molecule has 7 nitrogen and oxygen atoms in total. The number of nitrogens with one attached hydrogen (secondary N) is 1. The summed E-state index contributed by atoms with van der Waals surface area (Å²) in [5.74, 6) is -1.59. The lowest BCUT2D eigenvalue weighted by Gasteiger charge is -2.26. The Morgan fingerprint density at radius 2 is 1.71 bits per heavy atom. The maximum absolute atomic E-state index is 13.2. The summed E-state index contributed by atoms with van der Waals surface area (Å²) in [5, 5.41) is 14.3. The minimum atomic E-state index is -0.905. The van der Waals surface area contributed by atoms with Crippen molar-refractivity contribution >= 4 is 46.3 Å². The molecule has 0 bridgehead atoms. The Bertz CT molecular complexity index is 1300. The van der Waals surface area contributed by atoms with Crippen LogP contribution < -0.4 is 15.0 Å². The molecule has 0 radical (unpaired) electrons. The number of Topliss-reactive ketones (excluding diaryl/α,β-unsaturated/α-hetero) is 1. The lowest BCUT2D eigenvalue weighted by atomic mass is 9.95. The Morgan fingerprint density at radius 1 is 1.03 bits per heavy atom. The number of aliphatic hydroxyl groups excluding tert-OH is 1. The Hall–Kier alpha value is -4.10. The van der Waals surface area contributed by atoms with Gasteiger partial charge in [-0.1, -0.05) is 23.7 Å². The van der Waals surface area contributed by atoms with Crippen molar-refractivity contribution < 1.29 is 24.2 Å². The number of rotatable bonds is 5. The van der Waals surface area contributed by atoms with Gasteiger partial charge in [0.05, 0.1) is 18.7 Å². The van der Waals surface area contributed by atoms with E-state index in [2.05, 4.69) is 5.32 Å². The van der Waals surface area contributed by atoms with E-state index in [9.17, 15) is 19.5 Å². The first-order valence-corrected chi connectivity index (χ1v) is 10.8. The van der Waals surface area contributed by atoms with Crippen molar-refractivity contribution in [3.05, 3.63) is 94.5 Å². The van der Waals surface area contributed by atoms with Crippen LogP contribution in [0.4, 0.5) is 11.4 Å². The van der Waals surface area contributed by atoms with Gasteiger partial charge in [0.1, 0.15) is 11.5 Å². The summed E-state index contributed by atoms with van der Waals surface area (Å²) in [7, 11) is 1.52. The molecule has 1 atom stereocenters. The number of nitrogens with zero attached hydrogens (tertiary/aromatic N) is 1. The van der Waals surface area contributed by atoms with Gasteiger partial charge in [-0.2, -0.15) is 0 Å². The number of hydrogen-bond donors (Lipinski definition) is 2. The predicted molar refractivity (Wildman–Crippen MR) is 130 cm³/mol. The first-order valence-electron chi connectivity index (χ1n) is 10.4. The van der Waals surface area contributed by atoms with Crippen molar-refractivity contribution in [2.75, 3.05) is 17.3 Å². The summed E-state index contributed by atoms with van der Waals surface area (Å²) in [6, 6.07) is 18.9. The standard InChI is InChI=1S/C26H21ClN2O5/c1-15(30)28-19-10-12-20(13-11-19)29-23(17-4-3-5-21(14-17)34-2)22(25(32)26(29)33)24(31)16-6-8-18(27)9-7-16/h3-14,23,31H,1-2H3,(H,28,30)/b24-22-. The maximum atomic E-state index is 13.2. The number of ketones is 1. The first kappa shape index (κ1) is 23.1. The number of methoxy groups -OCH3 is 1. The summed E-state index contributed by atoms with van der Waals surface area (Å²) in [4.78, 5) is 39.1. The first-order chi connectivity index (χ1) is 16.3. The van der Waals surface area contributed by atoms with E-state index in [-0.39, 0.29) is 17.2 Å². The van der Waals surface area contributed by atoms with E-state index in [0.717, 1.165) is 0 Å². The van der Waals surface area contributed by atoms with Crippen LogP contribution in [0, 0.1) is 0 Å². The maximum Gasteiger partial charge on any atom is 0.300 e. The van der Waals surface area contributed by atoms with E-state index < -0.39 is 17.7 Å². The summed E-state index contributed by atoms with van der Waals surface area (Å²) in [5.41, 5.74) is 1.87. The second-order valence-electron chi connectivity index (χ2n) is 7.68. The van der Waals surface area contributed by atoms with Gasteiger partial charge in [0.15, 0.2) is 0 Å². The fourth-order valence-corrected chi connectivity index (χ4v) is 4.02. The number of benzene rings is 3. The molecule has 1 aliphatic heterocycles. The molecular formula is C26H21ClN2O5. The average Bonchev–Trinajstić information content (AvgIpc) is 3.10. The van der Waals surface area contributed by atoms with Crippen LogP contribution in [-0.4, -0.2) is 29.8 Å². The summed E-state index contributed by atoms with van der Waals surface area (Å²) >= 11 is 5.97. The van der Waals surface area contributed by atoms with E-state index in [1.807, 2.05) is 0 Å².